The van der Waals surface area contributed by atoms with Crippen molar-refractivity contribution >= 4 is 10.8 Å². The summed E-state index contributed by atoms with van der Waals surface area (Å²) >= 11 is 0. The molecule has 2 atom stereocenters. The zero-order valence-corrected chi connectivity index (χ0v) is 22.1. The number of rotatable bonds is 14. The Labute approximate surface area is 203 Å². The first-order valence-corrected chi connectivity index (χ1v) is 13.3. The zero-order chi connectivity index (χ0) is 24.4. The van der Waals surface area contributed by atoms with Crippen LogP contribution in [0, 0.1) is 24.7 Å². The molecular weight excluding hydrogens is 404 g/mol. The van der Waals surface area contributed by atoms with Gasteiger partial charge in [0.25, 0.3) is 0 Å². The first-order valence-electron chi connectivity index (χ1n) is 13.3. The molecule has 0 heterocycles. The fourth-order valence-corrected chi connectivity index (χ4v) is 4.92. The van der Waals surface area contributed by atoms with E-state index in [1.807, 2.05) is 31.2 Å². The smallest absolute Gasteiger partial charge is 0.127 e. The van der Waals surface area contributed by atoms with Crippen molar-refractivity contribution in [1.29, 1.82) is 0 Å². The van der Waals surface area contributed by atoms with E-state index in [1.54, 1.807) is 0 Å². The van der Waals surface area contributed by atoms with Crippen LogP contribution in [0.5, 0.6) is 11.5 Å². The van der Waals surface area contributed by atoms with Crippen LogP contribution in [0.4, 0.5) is 0 Å². The highest BCUT2D eigenvalue weighted by Gasteiger charge is 2.15. The second-order valence-electron chi connectivity index (χ2n) is 11.0. The molecule has 2 nitrogen and oxygen atoms in total. The van der Waals surface area contributed by atoms with Crippen molar-refractivity contribution in [3.8, 4) is 11.5 Å². The van der Waals surface area contributed by atoms with Crippen molar-refractivity contribution in [2.75, 3.05) is 0 Å². The number of benzene rings is 2. The molecule has 0 aliphatic carbocycles. The Morgan fingerprint density at radius 2 is 1.30 bits per heavy atom. The molecule has 0 spiro atoms. The second-order valence-corrected chi connectivity index (χ2v) is 11.0. The molecule has 2 N–H and O–H groups in total. The van der Waals surface area contributed by atoms with Gasteiger partial charge in [0, 0.05) is 16.3 Å². The fourth-order valence-electron chi connectivity index (χ4n) is 4.92. The van der Waals surface area contributed by atoms with E-state index >= 15 is 0 Å². The molecule has 0 radical (unpaired) electrons. The molecule has 0 bridgehead atoms. The summed E-state index contributed by atoms with van der Waals surface area (Å²) in [6.45, 7) is 13.6. The maximum atomic E-state index is 10.8. The van der Waals surface area contributed by atoms with Crippen LogP contribution in [-0.4, -0.2) is 10.2 Å². The van der Waals surface area contributed by atoms with Crippen LogP contribution in [0.1, 0.15) is 104 Å². The van der Waals surface area contributed by atoms with Gasteiger partial charge < -0.3 is 10.2 Å². The van der Waals surface area contributed by atoms with Gasteiger partial charge in [-0.1, -0.05) is 109 Å². The minimum absolute atomic E-state index is 0.285. The highest BCUT2D eigenvalue weighted by Crippen LogP contribution is 2.39. The third-order valence-electron chi connectivity index (χ3n) is 7.33. The fraction of sp³-hybridized carbons (Fsp3) is 0.613. The first kappa shape index (κ1) is 27.3. The van der Waals surface area contributed by atoms with Crippen LogP contribution in [0.25, 0.3) is 10.8 Å². The summed E-state index contributed by atoms with van der Waals surface area (Å²) in [6, 6.07) is 7.52. The number of phenols is 2. The van der Waals surface area contributed by atoms with Gasteiger partial charge in [0.15, 0.2) is 0 Å². The van der Waals surface area contributed by atoms with Crippen molar-refractivity contribution in [3.63, 3.8) is 0 Å². The van der Waals surface area contributed by atoms with Crippen LogP contribution in [-0.2, 0) is 6.42 Å². The molecular formula is C31H48O2. The number of hydrogen-bond donors (Lipinski definition) is 2. The molecule has 33 heavy (non-hydrogen) atoms. The van der Waals surface area contributed by atoms with Gasteiger partial charge in [0.05, 0.1) is 0 Å². The molecule has 0 saturated carbocycles. The number of hydrogen-bond acceptors (Lipinski definition) is 2. The number of fused-ring (bicyclic) bond motifs is 1. The summed E-state index contributed by atoms with van der Waals surface area (Å²) in [5, 5.41) is 22.8. The highest BCUT2D eigenvalue weighted by molar-refractivity contribution is 5.95. The molecule has 2 aromatic carbocycles. The molecule has 0 aliphatic rings. The summed E-state index contributed by atoms with van der Waals surface area (Å²) in [7, 11) is 0. The predicted octanol–water partition coefficient (Wildman–Crippen LogP) is 9.49. The van der Waals surface area contributed by atoms with E-state index in [0.29, 0.717) is 12.2 Å². The lowest BCUT2D eigenvalue weighted by atomic mass is 9.91. The molecule has 2 rings (SSSR count). The quantitative estimate of drug-likeness (QED) is 0.221. The van der Waals surface area contributed by atoms with E-state index < -0.39 is 0 Å². The van der Waals surface area contributed by atoms with Crippen molar-refractivity contribution in [3.05, 3.63) is 47.0 Å². The average Bonchev–Trinajstić information content (AvgIpc) is 2.77. The predicted molar refractivity (Wildman–Crippen MR) is 144 cm³/mol. The standard InChI is InChI=1S/C31H48O2/c1-22(2)12-9-13-23(3)14-10-15-24(4)16-11-17-25(5)20-21-27-26(6)30(32)28-18-7-8-19-29(28)31(27)33/h7-8,18-20,22-24,32-33H,9-17,21H2,1-6H3. The van der Waals surface area contributed by atoms with Gasteiger partial charge in [0.2, 0.25) is 0 Å². The van der Waals surface area contributed by atoms with Crippen LogP contribution in [0.2, 0.25) is 0 Å². The molecule has 0 amide bonds. The van der Waals surface area contributed by atoms with Gasteiger partial charge in [-0.3, -0.25) is 0 Å². The monoisotopic (exact) mass is 452 g/mol. The molecule has 0 saturated heterocycles. The second kappa shape index (κ2) is 13.7. The normalized spacial score (nSPS) is 14.2. The van der Waals surface area contributed by atoms with E-state index in [1.165, 1.54) is 56.9 Å². The zero-order valence-electron chi connectivity index (χ0n) is 22.1. The van der Waals surface area contributed by atoms with Crippen LogP contribution in [0.15, 0.2) is 35.9 Å². The maximum absolute atomic E-state index is 10.8. The van der Waals surface area contributed by atoms with Gasteiger partial charge >= 0.3 is 0 Å². The Morgan fingerprint density at radius 3 is 1.88 bits per heavy atom. The van der Waals surface area contributed by atoms with Crippen molar-refractivity contribution < 1.29 is 10.2 Å². The summed E-state index contributed by atoms with van der Waals surface area (Å²) in [5.74, 6) is 3.09. The minimum Gasteiger partial charge on any atom is -0.507 e. The Hall–Kier alpha value is -1.96. The van der Waals surface area contributed by atoms with Crippen molar-refractivity contribution in [2.45, 2.75) is 106 Å². The summed E-state index contributed by atoms with van der Waals surface area (Å²) in [4.78, 5) is 0. The Morgan fingerprint density at radius 1 is 0.788 bits per heavy atom. The Balaban J connectivity index is 1.75. The van der Waals surface area contributed by atoms with Crippen molar-refractivity contribution in [2.24, 2.45) is 17.8 Å². The Bertz CT molecular complexity index is 893. The van der Waals surface area contributed by atoms with Crippen LogP contribution >= 0.6 is 0 Å². The molecule has 0 aromatic heterocycles. The molecule has 2 heteroatoms. The van der Waals surface area contributed by atoms with Gasteiger partial charge in [-0.2, -0.15) is 0 Å². The summed E-state index contributed by atoms with van der Waals surface area (Å²) < 4.78 is 0. The van der Waals surface area contributed by atoms with E-state index in [4.69, 9.17) is 0 Å². The lowest BCUT2D eigenvalue weighted by Gasteiger charge is -2.15. The molecule has 2 unspecified atom stereocenters. The van der Waals surface area contributed by atoms with Gasteiger partial charge in [-0.25, -0.2) is 0 Å². The highest BCUT2D eigenvalue weighted by atomic mass is 16.3. The number of phenolic OH excluding ortho intramolecular Hbond substituents is 2. The van der Waals surface area contributed by atoms with Crippen LogP contribution < -0.4 is 0 Å². The molecule has 0 fully saturated rings. The van der Waals surface area contributed by atoms with E-state index in [2.05, 4.69) is 40.7 Å². The Kier molecular flexibility index (Phi) is 11.3. The molecule has 0 aliphatic heterocycles. The van der Waals surface area contributed by atoms with E-state index in [-0.39, 0.29) is 5.75 Å². The molecule has 2 aromatic rings. The van der Waals surface area contributed by atoms with Gasteiger partial charge in [-0.05, 0) is 56.4 Å². The summed E-state index contributed by atoms with van der Waals surface area (Å²) in [5.41, 5.74) is 2.98. The minimum atomic E-state index is 0.285. The van der Waals surface area contributed by atoms with Crippen LogP contribution in [0.3, 0.4) is 0 Å². The lowest BCUT2D eigenvalue weighted by molar-refractivity contribution is 0.389. The van der Waals surface area contributed by atoms with Gasteiger partial charge in [-0.15, -0.1) is 0 Å². The average molecular weight is 453 g/mol. The summed E-state index contributed by atoms with van der Waals surface area (Å²) in [6.07, 6.45) is 14.7. The number of aromatic hydroxyl groups is 2. The van der Waals surface area contributed by atoms with Gasteiger partial charge in [0.1, 0.15) is 11.5 Å². The third-order valence-corrected chi connectivity index (χ3v) is 7.33. The topological polar surface area (TPSA) is 40.5 Å². The number of allylic oxidation sites excluding steroid dienone is 2. The van der Waals surface area contributed by atoms with E-state index in [0.717, 1.165) is 46.1 Å². The first-order chi connectivity index (χ1) is 15.7. The SMILES string of the molecule is CC(=CCc1c(C)c(O)c2ccccc2c1O)CCCC(C)CCCC(C)CCCC(C)C. The molecule has 184 valence electrons. The maximum Gasteiger partial charge on any atom is 0.127 e. The van der Waals surface area contributed by atoms with E-state index in [9.17, 15) is 10.2 Å². The van der Waals surface area contributed by atoms with Crippen molar-refractivity contribution in [1.82, 2.24) is 0 Å². The lowest BCUT2D eigenvalue weighted by Crippen LogP contribution is -2.00. The third kappa shape index (κ3) is 8.72. The largest absolute Gasteiger partial charge is 0.507 e.